The molecule has 1 N–H and O–H groups in total. The molecule has 1 atom stereocenters. The van der Waals surface area contributed by atoms with Crippen LogP contribution < -0.4 is 5.32 Å². The lowest BCUT2D eigenvalue weighted by molar-refractivity contribution is 0.144. The van der Waals surface area contributed by atoms with Crippen LogP contribution in [0.3, 0.4) is 0 Å². The van der Waals surface area contributed by atoms with Crippen LogP contribution in [0.25, 0.3) is 0 Å². The number of rotatable bonds is 3. The van der Waals surface area contributed by atoms with E-state index in [0.717, 1.165) is 30.7 Å². The molecule has 1 aliphatic rings. The van der Waals surface area contributed by atoms with E-state index >= 15 is 0 Å². The van der Waals surface area contributed by atoms with Gasteiger partial charge < -0.3 is 5.32 Å². The van der Waals surface area contributed by atoms with Crippen molar-refractivity contribution in [2.75, 3.05) is 32.9 Å². The molecule has 1 saturated heterocycles. The van der Waals surface area contributed by atoms with Crippen LogP contribution in [-0.4, -0.2) is 37.8 Å². The summed E-state index contributed by atoms with van der Waals surface area (Å²) in [6.07, 6.45) is 0. The van der Waals surface area contributed by atoms with Crippen LogP contribution in [0.2, 0.25) is 0 Å². The van der Waals surface area contributed by atoms with Crippen LogP contribution in [0.15, 0.2) is 22.7 Å². The summed E-state index contributed by atoms with van der Waals surface area (Å²) in [5.74, 6) is -0.339. The Bertz CT molecular complexity index is 381. The van der Waals surface area contributed by atoms with E-state index < -0.39 is 12.7 Å². The Morgan fingerprint density at radius 2 is 2.06 bits per heavy atom. The van der Waals surface area contributed by atoms with Gasteiger partial charge >= 0.3 is 0 Å². The zero-order valence-corrected chi connectivity index (χ0v) is 11.0. The summed E-state index contributed by atoms with van der Waals surface area (Å²) in [7, 11) is 0. The van der Waals surface area contributed by atoms with Gasteiger partial charge in [-0.3, -0.25) is 4.90 Å². The summed E-state index contributed by atoms with van der Waals surface area (Å²) < 4.78 is 27.7. The van der Waals surface area contributed by atoms with Gasteiger partial charge in [-0.2, -0.15) is 0 Å². The minimum Gasteiger partial charge on any atom is -0.314 e. The topological polar surface area (TPSA) is 15.3 Å². The molecule has 0 unspecified atom stereocenters. The monoisotopic (exact) mass is 304 g/mol. The van der Waals surface area contributed by atoms with Gasteiger partial charge in [0, 0.05) is 36.2 Å². The first kappa shape index (κ1) is 12.9. The van der Waals surface area contributed by atoms with E-state index in [4.69, 9.17) is 0 Å². The number of piperazine rings is 1. The predicted molar refractivity (Wildman–Crippen MR) is 67.3 cm³/mol. The number of hydrogen-bond donors (Lipinski definition) is 1. The molecule has 0 aliphatic carbocycles. The van der Waals surface area contributed by atoms with Gasteiger partial charge in [-0.25, -0.2) is 8.78 Å². The van der Waals surface area contributed by atoms with Gasteiger partial charge in [-0.1, -0.05) is 15.9 Å². The van der Waals surface area contributed by atoms with Crippen molar-refractivity contribution in [3.63, 3.8) is 0 Å². The maximum Gasteiger partial charge on any atom is 0.128 e. The highest BCUT2D eigenvalue weighted by molar-refractivity contribution is 9.10. The SMILES string of the molecule is FC[C@@H](c1cc(Br)ccc1F)N1CCNCC1. The number of hydrogen-bond acceptors (Lipinski definition) is 2. The minimum absolute atomic E-state index is 0.339. The van der Waals surface area contributed by atoms with E-state index in [2.05, 4.69) is 21.2 Å². The lowest BCUT2D eigenvalue weighted by Crippen LogP contribution is -2.45. The van der Waals surface area contributed by atoms with Crippen molar-refractivity contribution in [2.24, 2.45) is 0 Å². The van der Waals surface area contributed by atoms with Crippen molar-refractivity contribution in [3.05, 3.63) is 34.1 Å². The molecule has 1 fully saturated rings. The lowest BCUT2D eigenvalue weighted by atomic mass is 10.1. The third-order valence-electron chi connectivity index (χ3n) is 3.06. The standard InChI is InChI=1S/C12H15BrF2N2/c13-9-1-2-11(15)10(7-9)12(8-14)17-5-3-16-4-6-17/h1-2,7,12,16H,3-6,8H2/t12-/m0/s1. The van der Waals surface area contributed by atoms with E-state index in [1.807, 2.05) is 4.90 Å². The van der Waals surface area contributed by atoms with Crippen LogP contribution in [0, 0.1) is 5.82 Å². The molecule has 0 aromatic heterocycles. The van der Waals surface area contributed by atoms with E-state index in [1.54, 1.807) is 12.1 Å². The molecule has 0 amide bonds. The first-order valence-electron chi connectivity index (χ1n) is 5.68. The second-order valence-corrected chi connectivity index (χ2v) is 5.04. The smallest absolute Gasteiger partial charge is 0.128 e. The van der Waals surface area contributed by atoms with Crippen molar-refractivity contribution < 1.29 is 8.78 Å². The van der Waals surface area contributed by atoms with Crippen LogP contribution in [0.5, 0.6) is 0 Å². The highest BCUT2D eigenvalue weighted by Crippen LogP contribution is 2.27. The predicted octanol–water partition coefficient (Wildman–Crippen LogP) is 2.50. The fourth-order valence-electron chi connectivity index (χ4n) is 2.14. The Balaban J connectivity index is 2.24. The van der Waals surface area contributed by atoms with E-state index in [-0.39, 0.29) is 5.82 Å². The molecule has 2 nitrogen and oxygen atoms in total. The Hall–Kier alpha value is -0.520. The van der Waals surface area contributed by atoms with Gasteiger partial charge in [0.05, 0.1) is 6.04 Å². The maximum atomic E-state index is 13.7. The van der Waals surface area contributed by atoms with E-state index in [9.17, 15) is 8.78 Å². The van der Waals surface area contributed by atoms with Gasteiger partial charge in [0.2, 0.25) is 0 Å². The largest absolute Gasteiger partial charge is 0.314 e. The minimum atomic E-state index is -0.562. The van der Waals surface area contributed by atoms with E-state index in [1.165, 1.54) is 6.07 Å². The fourth-order valence-corrected chi connectivity index (χ4v) is 2.52. The molecule has 0 spiro atoms. The number of halogens is 3. The molecule has 0 bridgehead atoms. The summed E-state index contributed by atoms with van der Waals surface area (Å²) in [5, 5.41) is 3.20. The molecule has 94 valence electrons. The molecule has 1 heterocycles. The molecule has 2 rings (SSSR count). The number of nitrogens with zero attached hydrogens (tertiary/aromatic N) is 1. The third-order valence-corrected chi connectivity index (χ3v) is 3.55. The second-order valence-electron chi connectivity index (χ2n) is 4.12. The first-order chi connectivity index (χ1) is 8.22. The van der Waals surface area contributed by atoms with Gasteiger partial charge in [0.15, 0.2) is 0 Å². The highest BCUT2D eigenvalue weighted by Gasteiger charge is 2.24. The Labute approximate surface area is 108 Å². The zero-order chi connectivity index (χ0) is 12.3. The highest BCUT2D eigenvalue weighted by atomic mass is 79.9. The third kappa shape index (κ3) is 3.03. The molecule has 1 aromatic rings. The molecule has 17 heavy (non-hydrogen) atoms. The number of benzene rings is 1. The summed E-state index contributed by atoms with van der Waals surface area (Å²) >= 11 is 3.30. The average Bonchev–Trinajstić information content (AvgIpc) is 2.36. The molecule has 0 saturated carbocycles. The summed E-state index contributed by atoms with van der Waals surface area (Å²) in [5.41, 5.74) is 0.434. The van der Waals surface area contributed by atoms with Gasteiger partial charge in [-0.15, -0.1) is 0 Å². The van der Waals surface area contributed by atoms with Crippen molar-refractivity contribution in [2.45, 2.75) is 6.04 Å². The average molecular weight is 305 g/mol. The quantitative estimate of drug-likeness (QED) is 0.923. The fraction of sp³-hybridized carbons (Fsp3) is 0.500. The zero-order valence-electron chi connectivity index (χ0n) is 9.43. The Kier molecular flexibility index (Phi) is 4.48. The normalized spacial score (nSPS) is 19.2. The number of alkyl halides is 1. The molecule has 1 aliphatic heterocycles. The van der Waals surface area contributed by atoms with Crippen LogP contribution in [0.1, 0.15) is 11.6 Å². The maximum absolute atomic E-state index is 13.7. The van der Waals surface area contributed by atoms with Gasteiger partial charge in [0.1, 0.15) is 12.5 Å². The van der Waals surface area contributed by atoms with Gasteiger partial charge in [0.25, 0.3) is 0 Å². The van der Waals surface area contributed by atoms with Gasteiger partial charge in [-0.05, 0) is 18.2 Å². The van der Waals surface area contributed by atoms with Crippen LogP contribution in [-0.2, 0) is 0 Å². The van der Waals surface area contributed by atoms with Crippen LogP contribution in [0.4, 0.5) is 8.78 Å². The molecule has 1 aromatic carbocycles. The lowest BCUT2D eigenvalue weighted by Gasteiger charge is -2.33. The summed E-state index contributed by atoms with van der Waals surface area (Å²) in [6.45, 7) is 2.59. The van der Waals surface area contributed by atoms with E-state index in [0.29, 0.717) is 5.56 Å². The van der Waals surface area contributed by atoms with Crippen molar-refractivity contribution in [3.8, 4) is 0 Å². The Morgan fingerprint density at radius 1 is 1.35 bits per heavy atom. The second kappa shape index (κ2) is 5.89. The summed E-state index contributed by atoms with van der Waals surface area (Å²) in [4.78, 5) is 1.99. The molecule has 5 heteroatoms. The van der Waals surface area contributed by atoms with Crippen molar-refractivity contribution in [1.29, 1.82) is 0 Å². The molecular formula is C12H15BrF2N2. The first-order valence-corrected chi connectivity index (χ1v) is 6.47. The van der Waals surface area contributed by atoms with Crippen molar-refractivity contribution >= 4 is 15.9 Å². The molecule has 0 radical (unpaired) electrons. The van der Waals surface area contributed by atoms with Crippen molar-refractivity contribution in [1.82, 2.24) is 10.2 Å². The Morgan fingerprint density at radius 3 is 2.71 bits per heavy atom. The molecular weight excluding hydrogens is 290 g/mol. The summed E-state index contributed by atoms with van der Waals surface area (Å²) in [6, 6.07) is 4.20. The number of nitrogens with one attached hydrogen (secondary N) is 1. The van der Waals surface area contributed by atoms with Crippen LogP contribution >= 0.6 is 15.9 Å².